The molecule has 1 N–H and O–H groups in total. The van der Waals surface area contributed by atoms with Crippen LogP contribution in [0.3, 0.4) is 0 Å². The number of methoxy groups -OCH3 is 2. The van der Waals surface area contributed by atoms with Crippen molar-refractivity contribution in [2.75, 3.05) is 31.0 Å². The summed E-state index contributed by atoms with van der Waals surface area (Å²) in [6, 6.07) is 7.27. The summed E-state index contributed by atoms with van der Waals surface area (Å²) >= 11 is 12.0. The third-order valence-electron chi connectivity index (χ3n) is 5.00. The molecule has 0 unspecified atom stereocenters. The predicted octanol–water partition coefficient (Wildman–Crippen LogP) is 2.94. The average molecular weight is 478 g/mol. The predicted molar refractivity (Wildman–Crippen MR) is 116 cm³/mol. The summed E-state index contributed by atoms with van der Waals surface area (Å²) in [6.07, 6.45) is 0. The fourth-order valence-electron chi connectivity index (χ4n) is 3.49. The molecule has 2 aromatic carbocycles. The largest absolute Gasteiger partial charge is 0.495 e. The third kappa shape index (κ3) is 3.82. The summed E-state index contributed by atoms with van der Waals surface area (Å²) in [7, 11) is 2.90. The van der Waals surface area contributed by atoms with Crippen LogP contribution in [0.1, 0.15) is 0 Å². The number of rotatable bonds is 6. The summed E-state index contributed by atoms with van der Waals surface area (Å²) in [5.74, 6) is -0.825. The summed E-state index contributed by atoms with van der Waals surface area (Å²) in [4.78, 5) is 39.4. The Balaban J connectivity index is 1.49. The maximum absolute atomic E-state index is 13.0. The van der Waals surface area contributed by atoms with Crippen LogP contribution in [0.4, 0.5) is 11.4 Å². The van der Waals surface area contributed by atoms with E-state index in [4.69, 9.17) is 32.7 Å². The fraction of sp³-hybridized carbons (Fsp3) is 0.250. The van der Waals surface area contributed by atoms with Gasteiger partial charge in [0.2, 0.25) is 5.91 Å². The Kier molecular flexibility index (Phi) is 5.90. The Bertz CT molecular complexity index is 1120. The van der Waals surface area contributed by atoms with Gasteiger partial charge in [-0.25, -0.2) is 4.90 Å². The Morgan fingerprint density at radius 1 is 1.06 bits per heavy atom. The summed E-state index contributed by atoms with van der Waals surface area (Å²) in [6.45, 7) is -0.315. The van der Waals surface area contributed by atoms with Gasteiger partial charge >= 0.3 is 0 Å². The van der Waals surface area contributed by atoms with Crippen molar-refractivity contribution in [1.82, 2.24) is 5.01 Å². The number of ether oxygens (including phenoxy) is 2. The molecule has 4 rings (SSSR count). The van der Waals surface area contributed by atoms with Crippen LogP contribution in [0, 0.1) is 0 Å². The topological polar surface area (TPSA) is 113 Å². The number of anilines is 2. The second-order valence-corrected chi connectivity index (χ2v) is 7.76. The number of hydrogen-bond donors (Lipinski definition) is 1. The number of nitrogens with one attached hydrogen (secondary N) is 1. The maximum atomic E-state index is 13.0. The normalized spacial score (nSPS) is 19.4. The number of benzene rings is 2. The van der Waals surface area contributed by atoms with Crippen LogP contribution in [0.15, 0.2) is 46.7 Å². The lowest BCUT2D eigenvalue weighted by Gasteiger charge is -2.20. The van der Waals surface area contributed by atoms with E-state index in [1.807, 2.05) is 0 Å². The van der Waals surface area contributed by atoms with Crippen molar-refractivity contribution in [3.05, 3.63) is 46.4 Å². The number of imide groups is 1. The molecular weight excluding hydrogens is 461 g/mol. The minimum atomic E-state index is -1.02. The van der Waals surface area contributed by atoms with Gasteiger partial charge in [-0.1, -0.05) is 28.4 Å². The minimum Gasteiger partial charge on any atom is -0.495 e. The fourth-order valence-corrected chi connectivity index (χ4v) is 3.86. The number of carbonyl (C=O) groups is 3. The molecule has 0 spiro atoms. The molecule has 2 aromatic rings. The van der Waals surface area contributed by atoms with Crippen LogP contribution in [0.25, 0.3) is 0 Å². The SMILES string of the molecule is COc1cc(OC)c(NC(=O)CN2N=N[C@H]3C(=O)N(c4ccc(Cl)cc4)C(=O)[C@@H]32)cc1Cl. The quantitative estimate of drug-likeness (QED) is 0.639. The molecule has 10 nitrogen and oxygen atoms in total. The molecule has 2 heterocycles. The third-order valence-corrected chi connectivity index (χ3v) is 5.54. The molecule has 1 fully saturated rings. The second kappa shape index (κ2) is 8.64. The van der Waals surface area contributed by atoms with Gasteiger partial charge in [-0.2, -0.15) is 5.11 Å². The smallest absolute Gasteiger partial charge is 0.263 e. The Hall–Kier alpha value is -3.37. The van der Waals surface area contributed by atoms with E-state index in [-0.39, 0.29) is 11.6 Å². The van der Waals surface area contributed by atoms with Crippen molar-refractivity contribution in [1.29, 1.82) is 0 Å². The monoisotopic (exact) mass is 477 g/mol. The van der Waals surface area contributed by atoms with Crippen LogP contribution in [0.2, 0.25) is 10.0 Å². The van der Waals surface area contributed by atoms with E-state index in [1.165, 1.54) is 31.4 Å². The minimum absolute atomic E-state index is 0.277. The van der Waals surface area contributed by atoms with E-state index in [0.717, 1.165) is 4.90 Å². The van der Waals surface area contributed by atoms with Gasteiger partial charge in [0.25, 0.3) is 11.8 Å². The highest BCUT2D eigenvalue weighted by atomic mass is 35.5. The molecule has 2 atom stereocenters. The van der Waals surface area contributed by atoms with Crippen molar-refractivity contribution in [2.45, 2.75) is 12.1 Å². The molecule has 32 heavy (non-hydrogen) atoms. The number of amides is 3. The van der Waals surface area contributed by atoms with Gasteiger partial charge < -0.3 is 14.8 Å². The highest BCUT2D eigenvalue weighted by Crippen LogP contribution is 2.36. The lowest BCUT2D eigenvalue weighted by molar-refractivity contribution is -0.123. The van der Waals surface area contributed by atoms with Gasteiger partial charge in [-0.3, -0.25) is 19.4 Å². The van der Waals surface area contributed by atoms with Gasteiger partial charge in [0.1, 0.15) is 18.0 Å². The van der Waals surface area contributed by atoms with Crippen LogP contribution in [-0.2, 0) is 14.4 Å². The molecule has 0 aliphatic carbocycles. The van der Waals surface area contributed by atoms with E-state index in [1.54, 1.807) is 24.3 Å². The van der Waals surface area contributed by atoms with E-state index < -0.39 is 29.8 Å². The number of halogens is 2. The second-order valence-electron chi connectivity index (χ2n) is 6.92. The molecule has 0 aromatic heterocycles. The zero-order valence-corrected chi connectivity index (χ0v) is 18.4. The highest BCUT2D eigenvalue weighted by Gasteiger charge is 2.55. The van der Waals surface area contributed by atoms with E-state index in [0.29, 0.717) is 27.9 Å². The average Bonchev–Trinajstić information content (AvgIpc) is 3.28. The van der Waals surface area contributed by atoms with Gasteiger partial charge in [0, 0.05) is 11.1 Å². The van der Waals surface area contributed by atoms with Gasteiger partial charge in [0.05, 0.1) is 30.6 Å². The van der Waals surface area contributed by atoms with Gasteiger partial charge in [-0.05, 0) is 30.3 Å². The lowest BCUT2D eigenvalue weighted by atomic mass is 10.1. The highest BCUT2D eigenvalue weighted by molar-refractivity contribution is 6.32. The first-order valence-corrected chi connectivity index (χ1v) is 10.1. The first kappa shape index (κ1) is 21.8. The molecule has 2 aliphatic rings. The summed E-state index contributed by atoms with van der Waals surface area (Å²) in [5, 5.41) is 12.4. The molecule has 0 bridgehead atoms. The molecule has 0 saturated carbocycles. The summed E-state index contributed by atoms with van der Waals surface area (Å²) in [5.41, 5.74) is 0.684. The van der Waals surface area contributed by atoms with E-state index in [9.17, 15) is 14.4 Å². The molecule has 1 saturated heterocycles. The Labute approximate surface area is 192 Å². The van der Waals surface area contributed by atoms with Crippen LogP contribution < -0.4 is 19.7 Å². The molecule has 166 valence electrons. The number of fused-ring (bicyclic) bond motifs is 1. The Morgan fingerprint density at radius 2 is 1.75 bits per heavy atom. The molecule has 12 heteroatoms. The van der Waals surface area contributed by atoms with Crippen molar-refractivity contribution in [3.8, 4) is 11.5 Å². The van der Waals surface area contributed by atoms with Gasteiger partial charge in [-0.15, -0.1) is 0 Å². The van der Waals surface area contributed by atoms with Crippen LogP contribution >= 0.6 is 23.2 Å². The van der Waals surface area contributed by atoms with Crippen LogP contribution in [0.5, 0.6) is 11.5 Å². The zero-order valence-electron chi connectivity index (χ0n) is 16.9. The molecule has 2 aliphatic heterocycles. The van der Waals surface area contributed by atoms with Crippen molar-refractivity contribution < 1.29 is 23.9 Å². The maximum Gasteiger partial charge on any atom is 0.263 e. The Morgan fingerprint density at radius 3 is 2.41 bits per heavy atom. The van der Waals surface area contributed by atoms with Gasteiger partial charge in [0.15, 0.2) is 12.1 Å². The molecule has 0 radical (unpaired) electrons. The number of hydrogen-bond acceptors (Lipinski definition) is 8. The van der Waals surface area contributed by atoms with E-state index >= 15 is 0 Å². The van der Waals surface area contributed by atoms with Crippen molar-refractivity contribution in [2.24, 2.45) is 10.3 Å². The van der Waals surface area contributed by atoms with Crippen LogP contribution in [-0.4, -0.2) is 55.6 Å². The van der Waals surface area contributed by atoms with Crippen molar-refractivity contribution >= 4 is 52.3 Å². The van der Waals surface area contributed by atoms with E-state index in [2.05, 4.69) is 15.7 Å². The van der Waals surface area contributed by atoms with Crippen molar-refractivity contribution in [3.63, 3.8) is 0 Å². The first-order valence-electron chi connectivity index (χ1n) is 9.36. The molecular formula is C20H17Cl2N5O5. The first-order chi connectivity index (χ1) is 15.3. The number of carbonyl (C=O) groups excluding carboxylic acids is 3. The standard InChI is InChI=1S/C20H17Cl2N5O5/c1-31-14-8-15(32-2)13(7-12(14)22)23-16(28)9-26-18-17(24-25-26)19(29)27(20(18)30)11-5-3-10(21)4-6-11/h3-8,17-18H,9H2,1-2H3,(H,23,28)/t17-,18-/m1/s1. The zero-order chi connectivity index (χ0) is 23.0. The summed E-state index contributed by atoms with van der Waals surface area (Å²) < 4.78 is 10.4. The molecule has 3 amide bonds. The number of nitrogens with zero attached hydrogens (tertiary/aromatic N) is 4. The lowest BCUT2D eigenvalue weighted by Crippen LogP contribution is -2.43.